The van der Waals surface area contributed by atoms with Crippen molar-refractivity contribution in [2.45, 2.75) is 0 Å². The molecular formula is C47H28N4O. The number of benzene rings is 8. The van der Waals surface area contributed by atoms with E-state index in [2.05, 4.69) is 114 Å². The van der Waals surface area contributed by atoms with Crippen LogP contribution in [0.3, 0.4) is 0 Å². The Hall–Kier alpha value is -7.11. The first kappa shape index (κ1) is 28.7. The summed E-state index contributed by atoms with van der Waals surface area (Å²) in [5.41, 5.74) is 10.2. The SMILES string of the molecule is c1ccc(-c2nc(-c3cccc4cc(N5c6ccccc6-c6cccc7cccc5c67)ccc34)nc(-c3cccc4c3oc3ccccc34)n2)cc1. The fourth-order valence-electron chi connectivity index (χ4n) is 7.90. The van der Waals surface area contributed by atoms with Crippen LogP contribution >= 0.6 is 0 Å². The van der Waals surface area contributed by atoms with Crippen LogP contribution in [0, 0.1) is 0 Å². The minimum atomic E-state index is 0.568. The van der Waals surface area contributed by atoms with Crippen LogP contribution in [0.1, 0.15) is 0 Å². The summed E-state index contributed by atoms with van der Waals surface area (Å²) in [5, 5.41) is 6.76. The van der Waals surface area contributed by atoms with Crippen LogP contribution in [0.25, 0.3) is 88.8 Å². The lowest BCUT2D eigenvalue weighted by molar-refractivity contribution is 0.669. The molecule has 1 aliphatic heterocycles. The Morgan fingerprint density at radius 1 is 0.404 bits per heavy atom. The predicted molar refractivity (Wildman–Crippen MR) is 212 cm³/mol. The molecule has 0 amide bonds. The number of hydrogen-bond donors (Lipinski definition) is 0. The van der Waals surface area contributed by atoms with Gasteiger partial charge in [0.05, 0.1) is 16.9 Å². The van der Waals surface area contributed by atoms with Crippen molar-refractivity contribution in [3.8, 4) is 45.3 Å². The van der Waals surface area contributed by atoms with Gasteiger partial charge in [0.25, 0.3) is 0 Å². The first-order valence-electron chi connectivity index (χ1n) is 17.5. The highest BCUT2D eigenvalue weighted by atomic mass is 16.3. The smallest absolute Gasteiger partial charge is 0.167 e. The van der Waals surface area contributed by atoms with Crippen LogP contribution in [0.2, 0.25) is 0 Å². The normalized spacial score (nSPS) is 12.2. The van der Waals surface area contributed by atoms with Gasteiger partial charge in [-0.1, -0.05) is 133 Å². The number of anilines is 3. The van der Waals surface area contributed by atoms with E-state index in [-0.39, 0.29) is 0 Å². The van der Waals surface area contributed by atoms with Gasteiger partial charge in [0.1, 0.15) is 11.2 Å². The van der Waals surface area contributed by atoms with E-state index in [1.54, 1.807) is 0 Å². The third-order valence-corrected chi connectivity index (χ3v) is 10.2. The summed E-state index contributed by atoms with van der Waals surface area (Å²) in [6, 6.07) is 59.3. The maximum absolute atomic E-state index is 6.43. The Kier molecular flexibility index (Phi) is 6.18. The third-order valence-electron chi connectivity index (χ3n) is 10.2. The maximum Gasteiger partial charge on any atom is 0.167 e. The molecule has 8 aromatic carbocycles. The van der Waals surface area contributed by atoms with Crippen molar-refractivity contribution in [3.05, 3.63) is 170 Å². The standard InChI is InChI=1S/C47H28N4O/c1-2-12-30(13-3-1)45-48-46(50-47(49-45)39-22-11-20-37-35-18-5-7-25-42(35)52-44(37)39)38-21-9-16-31-28-32(26-27-33(31)38)51-40-23-6-4-17-34(40)36-19-8-14-29-15-10-24-41(51)43(29)36/h1-28H. The van der Waals surface area contributed by atoms with E-state index in [4.69, 9.17) is 19.4 Å². The highest BCUT2D eigenvalue weighted by molar-refractivity contribution is 6.14. The van der Waals surface area contributed by atoms with E-state index < -0.39 is 0 Å². The minimum absolute atomic E-state index is 0.568. The zero-order valence-corrected chi connectivity index (χ0v) is 27.9. The van der Waals surface area contributed by atoms with Crippen molar-refractivity contribution in [1.29, 1.82) is 0 Å². The van der Waals surface area contributed by atoms with Crippen molar-refractivity contribution < 1.29 is 4.42 Å². The van der Waals surface area contributed by atoms with Crippen LogP contribution in [0.5, 0.6) is 0 Å². The molecule has 3 heterocycles. The molecule has 52 heavy (non-hydrogen) atoms. The second-order valence-corrected chi connectivity index (χ2v) is 13.2. The number of hydrogen-bond acceptors (Lipinski definition) is 5. The summed E-state index contributed by atoms with van der Waals surface area (Å²) in [4.78, 5) is 17.7. The fourth-order valence-corrected chi connectivity index (χ4v) is 7.90. The molecule has 1 aliphatic rings. The summed E-state index contributed by atoms with van der Waals surface area (Å²) >= 11 is 0. The van der Waals surface area contributed by atoms with Crippen molar-refractivity contribution in [2.75, 3.05) is 4.90 Å². The Balaban J connectivity index is 1.10. The molecule has 10 aromatic rings. The van der Waals surface area contributed by atoms with E-state index in [0.29, 0.717) is 17.5 Å². The van der Waals surface area contributed by atoms with E-state index in [9.17, 15) is 0 Å². The quantitative estimate of drug-likeness (QED) is 0.187. The van der Waals surface area contributed by atoms with E-state index >= 15 is 0 Å². The summed E-state index contributed by atoms with van der Waals surface area (Å²) in [7, 11) is 0. The van der Waals surface area contributed by atoms with Gasteiger partial charge < -0.3 is 9.32 Å². The van der Waals surface area contributed by atoms with Gasteiger partial charge in [-0.25, -0.2) is 15.0 Å². The number of rotatable bonds is 4. The largest absolute Gasteiger partial charge is 0.455 e. The summed E-state index contributed by atoms with van der Waals surface area (Å²) in [6.45, 7) is 0. The zero-order valence-electron chi connectivity index (χ0n) is 27.9. The predicted octanol–water partition coefficient (Wildman–Crippen LogP) is 12.5. The molecule has 242 valence electrons. The van der Waals surface area contributed by atoms with E-state index in [1.807, 2.05) is 60.7 Å². The van der Waals surface area contributed by atoms with Crippen LogP contribution in [0.15, 0.2) is 174 Å². The second-order valence-electron chi connectivity index (χ2n) is 13.2. The number of aromatic nitrogens is 3. The van der Waals surface area contributed by atoms with Gasteiger partial charge in [0.2, 0.25) is 0 Å². The van der Waals surface area contributed by atoms with Crippen molar-refractivity contribution in [1.82, 2.24) is 15.0 Å². The van der Waals surface area contributed by atoms with Crippen LogP contribution in [-0.4, -0.2) is 15.0 Å². The van der Waals surface area contributed by atoms with Crippen LogP contribution < -0.4 is 4.90 Å². The summed E-state index contributed by atoms with van der Waals surface area (Å²) in [5.74, 6) is 1.79. The Bertz CT molecular complexity index is 3030. The molecule has 0 N–H and O–H groups in total. The Labute approximate surface area is 299 Å². The molecule has 0 bridgehead atoms. The molecule has 5 nitrogen and oxygen atoms in total. The van der Waals surface area contributed by atoms with Gasteiger partial charge in [0, 0.05) is 38.5 Å². The third kappa shape index (κ3) is 4.33. The molecule has 2 aromatic heterocycles. The number of nitrogens with zero attached hydrogens (tertiary/aromatic N) is 4. The van der Waals surface area contributed by atoms with Crippen molar-refractivity contribution >= 4 is 60.5 Å². The molecule has 0 spiro atoms. The van der Waals surface area contributed by atoms with Crippen molar-refractivity contribution in [2.24, 2.45) is 0 Å². The molecule has 5 heteroatoms. The van der Waals surface area contributed by atoms with Gasteiger partial charge in [0.15, 0.2) is 17.5 Å². The lowest BCUT2D eigenvalue weighted by Gasteiger charge is -2.33. The maximum atomic E-state index is 6.43. The van der Waals surface area contributed by atoms with Crippen LogP contribution in [0.4, 0.5) is 17.1 Å². The average Bonchev–Trinajstić information content (AvgIpc) is 3.60. The molecule has 0 radical (unpaired) electrons. The first-order chi connectivity index (χ1) is 25.8. The van der Waals surface area contributed by atoms with E-state index in [1.165, 1.54) is 33.3 Å². The molecule has 0 fully saturated rings. The number of fused-ring (bicyclic) bond motifs is 6. The van der Waals surface area contributed by atoms with Gasteiger partial charge >= 0.3 is 0 Å². The van der Waals surface area contributed by atoms with Crippen LogP contribution in [-0.2, 0) is 0 Å². The molecule has 0 aliphatic carbocycles. The highest BCUT2D eigenvalue weighted by Crippen LogP contribution is 2.51. The second kappa shape index (κ2) is 11.2. The zero-order chi connectivity index (χ0) is 34.2. The average molecular weight is 665 g/mol. The van der Waals surface area contributed by atoms with Gasteiger partial charge in [-0.2, -0.15) is 0 Å². The molecular weight excluding hydrogens is 637 g/mol. The fraction of sp³-hybridized carbons (Fsp3) is 0. The minimum Gasteiger partial charge on any atom is -0.455 e. The topological polar surface area (TPSA) is 55.1 Å². The monoisotopic (exact) mass is 664 g/mol. The molecule has 11 rings (SSSR count). The molecule has 0 atom stereocenters. The van der Waals surface area contributed by atoms with E-state index in [0.717, 1.165) is 55.1 Å². The lowest BCUT2D eigenvalue weighted by atomic mass is 9.90. The number of para-hydroxylation sites is 3. The summed E-state index contributed by atoms with van der Waals surface area (Å²) < 4.78 is 6.43. The number of furan rings is 1. The van der Waals surface area contributed by atoms with Crippen molar-refractivity contribution in [3.63, 3.8) is 0 Å². The molecule has 0 unspecified atom stereocenters. The Morgan fingerprint density at radius 2 is 1.04 bits per heavy atom. The highest BCUT2D eigenvalue weighted by Gasteiger charge is 2.26. The molecule has 0 saturated heterocycles. The van der Waals surface area contributed by atoms with Gasteiger partial charge in [-0.05, 0) is 58.1 Å². The summed E-state index contributed by atoms with van der Waals surface area (Å²) in [6.07, 6.45) is 0. The van der Waals surface area contributed by atoms with Gasteiger partial charge in [-0.15, -0.1) is 0 Å². The Morgan fingerprint density at radius 3 is 1.94 bits per heavy atom. The van der Waals surface area contributed by atoms with Gasteiger partial charge in [-0.3, -0.25) is 0 Å². The lowest BCUT2D eigenvalue weighted by Crippen LogP contribution is -2.14. The molecule has 0 saturated carbocycles. The first-order valence-corrected chi connectivity index (χ1v) is 17.5.